The van der Waals surface area contributed by atoms with Gasteiger partial charge >= 0.3 is 0 Å². The molecule has 1 aromatic heterocycles. The standard InChI is InChI=1S/C20H23N5O4/c1-12-18(24-29-23-12)28-10-8-21-17(26)15-11-13-5-4-9-25(13)20(15)14-6-2-3-7-16(14)22-19(20)27/h2-3,6-7,13,15H,4-5,8-11H2,1H3,(H,21,26)(H,22,27)/t13-,15+,20+/m1/s1. The number of amides is 2. The van der Waals surface area contributed by atoms with Gasteiger partial charge in [-0.2, -0.15) is 0 Å². The molecule has 0 aliphatic carbocycles. The molecule has 0 radical (unpaired) electrons. The highest BCUT2D eigenvalue weighted by atomic mass is 16.6. The Morgan fingerprint density at radius 3 is 3.10 bits per heavy atom. The summed E-state index contributed by atoms with van der Waals surface area (Å²) in [6.07, 6.45) is 2.75. The Hall–Kier alpha value is -2.94. The zero-order chi connectivity index (χ0) is 20.0. The molecule has 4 heterocycles. The van der Waals surface area contributed by atoms with Crippen molar-refractivity contribution in [2.24, 2.45) is 5.92 Å². The number of ether oxygens (including phenoxy) is 1. The number of hydrogen-bond donors (Lipinski definition) is 2. The summed E-state index contributed by atoms with van der Waals surface area (Å²) >= 11 is 0. The normalized spacial score (nSPS) is 27.7. The minimum atomic E-state index is -0.921. The van der Waals surface area contributed by atoms with Crippen molar-refractivity contribution in [3.63, 3.8) is 0 Å². The molecule has 9 nitrogen and oxygen atoms in total. The monoisotopic (exact) mass is 397 g/mol. The number of anilines is 1. The van der Waals surface area contributed by atoms with Crippen molar-refractivity contribution < 1.29 is 19.0 Å². The van der Waals surface area contributed by atoms with Crippen molar-refractivity contribution >= 4 is 17.5 Å². The molecule has 29 heavy (non-hydrogen) atoms. The van der Waals surface area contributed by atoms with E-state index >= 15 is 0 Å². The lowest BCUT2D eigenvalue weighted by molar-refractivity contribution is -0.137. The molecule has 1 spiro atoms. The van der Waals surface area contributed by atoms with Gasteiger partial charge in [-0.25, -0.2) is 4.63 Å². The first-order valence-corrected chi connectivity index (χ1v) is 9.99. The summed E-state index contributed by atoms with van der Waals surface area (Å²) in [4.78, 5) is 28.7. The van der Waals surface area contributed by atoms with Gasteiger partial charge in [0.2, 0.25) is 11.8 Å². The highest BCUT2D eigenvalue weighted by Crippen LogP contribution is 2.55. The van der Waals surface area contributed by atoms with Gasteiger partial charge in [-0.1, -0.05) is 23.4 Å². The van der Waals surface area contributed by atoms with Gasteiger partial charge in [0.15, 0.2) is 0 Å². The van der Waals surface area contributed by atoms with E-state index in [1.165, 1.54) is 0 Å². The fourth-order valence-corrected chi connectivity index (χ4v) is 5.18. The largest absolute Gasteiger partial charge is 0.472 e. The Bertz CT molecular complexity index is 960. The van der Waals surface area contributed by atoms with Gasteiger partial charge in [0.05, 0.1) is 12.5 Å². The quantitative estimate of drug-likeness (QED) is 0.730. The van der Waals surface area contributed by atoms with Crippen molar-refractivity contribution in [3.8, 4) is 5.88 Å². The number of para-hydroxylation sites is 1. The van der Waals surface area contributed by atoms with Gasteiger partial charge in [0, 0.05) is 17.3 Å². The second kappa shape index (κ2) is 6.84. The van der Waals surface area contributed by atoms with Gasteiger partial charge in [0.25, 0.3) is 5.88 Å². The molecule has 3 atom stereocenters. The molecule has 152 valence electrons. The molecule has 0 unspecified atom stereocenters. The number of nitrogens with zero attached hydrogens (tertiary/aromatic N) is 3. The van der Waals surface area contributed by atoms with Gasteiger partial charge in [-0.15, -0.1) is 0 Å². The number of fused-ring (bicyclic) bond motifs is 4. The van der Waals surface area contributed by atoms with Crippen LogP contribution in [0.25, 0.3) is 0 Å². The first-order valence-electron chi connectivity index (χ1n) is 9.99. The molecule has 9 heteroatoms. The first-order chi connectivity index (χ1) is 14.1. The molecule has 5 rings (SSSR count). The van der Waals surface area contributed by atoms with Crippen LogP contribution in [0.2, 0.25) is 0 Å². The first kappa shape index (κ1) is 18.1. The molecule has 2 amide bonds. The number of aromatic nitrogens is 2. The molecular weight excluding hydrogens is 374 g/mol. The lowest BCUT2D eigenvalue weighted by Gasteiger charge is -2.36. The second-order valence-corrected chi connectivity index (χ2v) is 7.84. The minimum absolute atomic E-state index is 0.0937. The number of rotatable bonds is 5. The van der Waals surface area contributed by atoms with Gasteiger partial charge in [-0.3, -0.25) is 14.5 Å². The number of carbonyl (C=O) groups excluding carboxylic acids is 2. The fraction of sp³-hybridized carbons (Fsp3) is 0.500. The average Bonchev–Trinajstić information content (AvgIpc) is 3.45. The third kappa shape index (κ3) is 2.64. The lowest BCUT2D eigenvalue weighted by Crippen LogP contribution is -2.54. The molecule has 2 N–H and O–H groups in total. The van der Waals surface area contributed by atoms with Crippen LogP contribution in [0.1, 0.15) is 30.5 Å². The van der Waals surface area contributed by atoms with Gasteiger partial charge < -0.3 is 15.4 Å². The Morgan fingerprint density at radius 1 is 1.41 bits per heavy atom. The Labute approximate surface area is 167 Å². The topological polar surface area (TPSA) is 110 Å². The van der Waals surface area contributed by atoms with E-state index in [0.717, 1.165) is 30.6 Å². The molecule has 1 aromatic carbocycles. The number of nitrogens with one attached hydrogen (secondary N) is 2. The molecular formula is C20H23N5O4. The third-order valence-corrected chi connectivity index (χ3v) is 6.34. The van der Waals surface area contributed by atoms with E-state index in [-0.39, 0.29) is 24.5 Å². The summed E-state index contributed by atoms with van der Waals surface area (Å²) in [6.45, 7) is 3.12. The third-order valence-electron chi connectivity index (χ3n) is 6.34. The van der Waals surface area contributed by atoms with E-state index in [1.54, 1.807) is 6.92 Å². The average molecular weight is 397 g/mol. The minimum Gasteiger partial charge on any atom is -0.472 e. The summed E-state index contributed by atoms with van der Waals surface area (Å²) in [5.74, 6) is -0.332. The second-order valence-electron chi connectivity index (χ2n) is 7.84. The molecule has 3 aliphatic rings. The highest BCUT2D eigenvalue weighted by molar-refractivity contribution is 6.09. The molecule has 0 bridgehead atoms. The number of hydrogen-bond acceptors (Lipinski definition) is 7. The zero-order valence-corrected chi connectivity index (χ0v) is 16.2. The molecule has 3 aliphatic heterocycles. The Morgan fingerprint density at radius 2 is 2.28 bits per heavy atom. The van der Waals surface area contributed by atoms with Crippen molar-refractivity contribution in [3.05, 3.63) is 35.5 Å². The van der Waals surface area contributed by atoms with Crippen molar-refractivity contribution in [2.45, 2.75) is 37.8 Å². The summed E-state index contributed by atoms with van der Waals surface area (Å²) < 4.78 is 10.1. The van der Waals surface area contributed by atoms with E-state index in [0.29, 0.717) is 24.5 Å². The van der Waals surface area contributed by atoms with E-state index in [4.69, 9.17) is 4.74 Å². The van der Waals surface area contributed by atoms with Gasteiger partial charge in [0.1, 0.15) is 17.8 Å². The summed E-state index contributed by atoms with van der Waals surface area (Å²) in [6, 6.07) is 7.96. The van der Waals surface area contributed by atoms with E-state index < -0.39 is 11.5 Å². The van der Waals surface area contributed by atoms with Crippen molar-refractivity contribution in [1.29, 1.82) is 0 Å². The predicted octanol–water partition coefficient (Wildman–Crippen LogP) is 1.20. The SMILES string of the molecule is Cc1nonc1OCCNC(=O)[C@@H]1C[C@H]2CCCN2[C@]12C(=O)Nc1ccccc12. The van der Waals surface area contributed by atoms with Crippen LogP contribution in [0.3, 0.4) is 0 Å². The van der Waals surface area contributed by atoms with Crippen LogP contribution >= 0.6 is 0 Å². The van der Waals surface area contributed by atoms with E-state index in [2.05, 4.69) is 30.5 Å². The van der Waals surface area contributed by atoms with E-state index in [1.807, 2.05) is 24.3 Å². The number of benzene rings is 1. The molecule has 2 fully saturated rings. The smallest absolute Gasteiger partial charge is 0.278 e. The summed E-state index contributed by atoms with van der Waals surface area (Å²) in [7, 11) is 0. The molecule has 2 aromatic rings. The highest BCUT2D eigenvalue weighted by Gasteiger charge is 2.65. The molecule has 0 saturated carbocycles. The predicted molar refractivity (Wildman–Crippen MR) is 102 cm³/mol. The lowest BCUT2D eigenvalue weighted by atomic mass is 9.78. The summed E-state index contributed by atoms with van der Waals surface area (Å²) in [5.41, 5.74) is 1.36. The number of aryl methyl sites for hydroxylation is 1. The molecule has 2 saturated heterocycles. The maximum absolute atomic E-state index is 13.3. The van der Waals surface area contributed by atoms with Crippen LogP contribution in [-0.2, 0) is 15.1 Å². The van der Waals surface area contributed by atoms with E-state index in [9.17, 15) is 9.59 Å². The van der Waals surface area contributed by atoms with Crippen LogP contribution in [0.5, 0.6) is 5.88 Å². The van der Waals surface area contributed by atoms with Crippen LogP contribution in [-0.4, -0.2) is 52.8 Å². The number of carbonyl (C=O) groups is 2. The Kier molecular flexibility index (Phi) is 4.27. The zero-order valence-electron chi connectivity index (χ0n) is 16.2. The maximum atomic E-state index is 13.3. The van der Waals surface area contributed by atoms with Gasteiger partial charge in [-0.05, 0) is 44.0 Å². The van der Waals surface area contributed by atoms with Crippen LogP contribution in [0, 0.1) is 12.8 Å². The van der Waals surface area contributed by atoms with Crippen LogP contribution in [0.4, 0.5) is 5.69 Å². The van der Waals surface area contributed by atoms with Crippen LogP contribution in [0.15, 0.2) is 28.9 Å². The van der Waals surface area contributed by atoms with Crippen LogP contribution < -0.4 is 15.4 Å². The van der Waals surface area contributed by atoms with Crippen molar-refractivity contribution in [1.82, 2.24) is 20.5 Å². The maximum Gasteiger partial charge on any atom is 0.278 e. The van der Waals surface area contributed by atoms with Crippen molar-refractivity contribution in [2.75, 3.05) is 25.0 Å². The summed E-state index contributed by atoms with van der Waals surface area (Å²) in [5, 5.41) is 13.3. The Balaban J connectivity index is 1.35. The fourth-order valence-electron chi connectivity index (χ4n) is 5.18.